The second-order valence-electron chi connectivity index (χ2n) is 9.15. The first-order chi connectivity index (χ1) is 15.0. The van der Waals surface area contributed by atoms with Gasteiger partial charge in [0.2, 0.25) is 0 Å². The van der Waals surface area contributed by atoms with Gasteiger partial charge in [-0.25, -0.2) is 9.97 Å². The van der Waals surface area contributed by atoms with E-state index in [1.54, 1.807) is 25.5 Å². The minimum atomic E-state index is -0.160. The molecule has 1 aliphatic carbocycles. The molecule has 5 heterocycles. The van der Waals surface area contributed by atoms with Crippen LogP contribution in [0.2, 0.25) is 0 Å². The smallest absolute Gasteiger partial charge is 0.269 e. The third-order valence-corrected chi connectivity index (χ3v) is 7.47. The number of nitrogens with one attached hydrogen (secondary N) is 2. The molecule has 6 rings (SSSR count). The van der Waals surface area contributed by atoms with Gasteiger partial charge in [0.25, 0.3) is 11.5 Å². The third-order valence-electron chi connectivity index (χ3n) is 7.47. The number of piperidine rings is 1. The van der Waals surface area contributed by atoms with Gasteiger partial charge in [0, 0.05) is 55.9 Å². The maximum absolute atomic E-state index is 12.3. The second kappa shape index (κ2) is 7.75. The summed E-state index contributed by atoms with van der Waals surface area (Å²) in [6, 6.07) is 4.96. The molecule has 3 aliphatic heterocycles. The van der Waals surface area contributed by atoms with E-state index in [0.29, 0.717) is 24.2 Å². The summed E-state index contributed by atoms with van der Waals surface area (Å²) in [7, 11) is 1.61. The Labute approximate surface area is 182 Å². The van der Waals surface area contributed by atoms with Crippen LogP contribution in [0.15, 0.2) is 29.3 Å². The summed E-state index contributed by atoms with van der Waals surface area (Å²) in [5.74, 6) is 0.723. The Hall–Kier alpha value is -2.74. The third kappa shape index (κ3) is 3.43. The predicted octanol–water partition coefficient (Wildman–Crippen LogP) is 1.47. The molecule has 4 fully saturated rings. The van der Waals surface area contributed by atoms with Crippen LogP contribution in [0, 0.1) is 0 Å². The van der Waals surface area contributed by atoms with Crippen LogP contribution < -0.4 is 15.8 Å². The van der Waals surface area contributed by atoms with Crippen molar-refractivity contribution < 1.29 is 4.79 Å². The number of anilines is 1. The Balaban J connectivity index is 1.21. The molecule has 0 unspecified atom stereocenters. The summed E-state index contributed by atoms with van der Waals surface area (Å²) in [4.78, 5) is 41.0. The van der Waals surface area contributed by atoms with Crippen molar-refractivity contribution in [2.24, 2.45) is 0 Å². The lowest BCUT2D eigenvalue weighted by Crippen LogP contribution is -2.46. The van der Waals surface area contributed by atoms with Gasteiger partial charge in [-0.2, -0.15) is 0 Å². The van der Waals surface area contributed by atoms with Crippen molar-refractivity contribution in [2.45, 2.75) is 56.5 Å². The van der Waals surface area contributed by atoms with Gasteiger partial charge >= 0.3 is 0 Å². The molecule has 164 valence electrons. The molecule has 2 aromatic rings. The SMILES string of the molecule is CCc1cnc(C23CC(C2)N(C2CCN(c4ccc(C(=O)NC)nc4)CC2)C3)[nH]c1=O. The summed E-state index contributed by atoms with van der Waals surface area (Å²) in [5, 5.41) is 2.60. The number of aryl methyl sites for hydroxylation is 1. The first-order valence-corrected chi connectivity index (χ1v) is 11.3. The van der Waals surface area contributed by atoms with Crippen LogP contribution in [0.1, 0.15) is 54.5 Å². The number of aromatic nitrogens is 3. The molecule has 2 bridgehead atoms. The lowest BCUT2D eigenvalue weighted by molar-refractivity contribution is 0.0958. The number of hydrogen-bond acceptors (Lipinski definition) is 6. The van der Waals surface area contributed by atoms with Gasteiger partial charge in [0.15, 0.2) is 0 Å². The maximum atomic E-state index is 12.3. The highest BCUT2D eigenvalue weighted by atomic mass is 16.1. The number of hydrogen-bond donors (Lipinski definition) is 2. The first kappa shape index (κ1) is 20.2. The number of fused-ring (bicyclic) bond motifs is 1. The Kier molecular flexibility index (Phi) is 5.04. The van der Waals surface area contributed by atoms with E-state index in [1.807, 2.05) is 13.0 Å². The van der Waals surface area contributed by atoms with Gasteiger partial charge in [0.05, 0.1) is 11.9 Å². The summed E-state index contributed by atoms with van der Waals surface area (Å²) < 4.78 is 0. The number of amides is 1. The molecule has 3 saturated heterocycles. The van der Waals surface area contributed by atoms with E-state index in [2.05, 4.69) is 30.1 Å². The monoisotopic (exact) mass is 422 g/mol. The van der Waals surface area contributed by atoms with E-state index in [1.165, 1.54) is 0 Å². The zero-order chi connectivity index (χ0) is 21.6. The molecule has 31 heavy (non-hydrogen) atoms. The Morgan fingerprint density at radius 1 is 1.19 bits per heavy atom. The van der Waals surface area contributed by atoms with E-state index in [0.717, 1.165) is 62.4 Å². The summed E-state index contributed by atoms with van der Waals surface area (Å²) in [6.07, 6.45) is 8.71. The van der Waals surface area contributed by atoms with Crippen molar-refractivity contribution in [1.29, 1.82) is 0 Å². The molecule has 1 amide bonds. The average molecular weight is 423 g/mol. The van der Waals surface area contributed by atoms with Gasteiger partial charge in [-0.05, 0) is 44.2 Å². The quantitative estimate of drug-likeness (QED) is 0.758. The van der Waals surface area contributed by atoms with Crippen molar-refractivity contribution >= 4 is 11.6 Å². The number of pyridine rings is 1. The molecule has 8 heteroatoms. The van der Waals surface area contributed by atoms with Crippen molar-refractivity contribution in [1.82, 2.24) is 25.2 Å². The highest BCUT2D eigenvalue weighted by Crippen LogP contribution is 2.53. The normalized spacial score (nSPS) is 26.0. The molecule has 8 nitrogen and oxygen atoms in total. The van der Waals surface area contributed by atoms with Crippen LogP contribution in [0.4, 0.5) is 5.69 Å². The van der Waals surface area contributed by atoms with Crippen molar-refractivity contribution in [3.8, 4) is 0 Å². The molecule has 0 spiro atoms. The van der Waals surface area contributed by atoms with Crippen LogP contribution in [0.5, 0.6) is 0 Å². The van der Waals surface area contributed by atoms with E-state index >= 15 is 0 Å². The lowest BCUT2D eigenvalue weighted by atomic mass is 9.69. The van der Waals surface area contributed by atoms with Crippen LogP contribution >= 0.6 is 0 Å². The first-order valence-electron chi connectivity index (χ1n) is 11.3. The number of nitrogens with zero attached hydrogens (tertiary/aromatic N) is 4. The lowest BCUT2D eigenvalue weighted by Gasteiger charge is -2.40. The van der Waals surface area contributed by atoms with Gasteiger partial charge in [-0.1, -0.05) is 6.92 Å². The van der Waals surface area contributed by atoms with Crippen LogP contribution in [0.3, 0.4) is 0 Å². The fourth-order valence-electron chi connectivity index (χ4n) is 5.61. The summed E-state index contributed by atoms with van der Waals surface area (Å²) >= 11 is 0. The van der Waals surface area contributed by atoms with E-state index in [-0.39, 0.29) is 16.9 Å². The highest BCUT2D eigenvalue weighted by molar-refractivity contribution is 5.92. The van der Waals surface area contributed by atoms with E-state index in [4.69, 9.17) is 0 Å². The molecule has 4 aliphatic rings. The zero-order valence-corrected chi connectivity index (χ0v) is 18.2. The summed E-state index contributed by atoms with van der Waals surface area (Å²) in [6.45, 7) is 4.96. The molecular formula is C23H30N6O2. The number of aromatic amines is 1. The van der Waals surface area contributed by atoms with Crippen molar-refractivity contribution in [3.05, 3.63) is 52.0 Å². The second-order valence-corrected chi connectivity index (χ2v) is 9.15. The Morgan fingerprint density at radius 3 is 2.58 bits per heavy atom. The molecular weight excluding hydrogens is 392 g/mol. The molecule has 1 saturated carbocycles. The van der Waals surface area contributed by atoms with Crippen LogP contribution in [0.25, 0.3) is 0 Å². The standard InChI is InChI=1S/C23H30N6O2/c1-3-15-12-26-22(27-20(15)30)23-10-18(11-23)29(14-23)16-6-8-28(9-7-16)17-4-5-19(25-13-17)21(31)24-2/h4-5,12-13,16,18H,3,6-11,14H2,1-2H3,(H,24,31)(H,26,27,30). The largest absolute Gasteiger partial charge is 0.370 e. The number of rotatable bonds is 5. The van der Waals surface area contributed by atoms with Gasteiger partial charge in [0.1, 0.15) is 11.5 Å². The molecule has 2 aromatic heterocycles. The fourth-order valence-corrected chi connectivity index (χ4v) is 5.61. The molecule has 0 radical (unpaired) electrons. The average Bonchev–Trinajstić information content (AvgIpc) is 3.36. The fraction of sp³-hybridized carbons (Fsp3) is 0.565. The number of carbonyl (C=O) groups is 1. The van der Waals surface area contributed by atoms with Gasteiger partial charge in [-0.3, -0.25) is 14.5 Å². The maximum Gasteiger partial charge on any atom is 0.269 e. The summed E-state index contributed by atoms with van der Waals surface area (Å²) in [5.41, 5.74) is 2.34. The molecule has 0 aromatic carbocycles. The van der Waals surface area contributed by atoms with Crippen LogP contribution in [-0.4, -0.2) is 64.5 Å². The number of H-pyrrole nitrogens is 1. The Bertz CT molecular complexity index is 1020. The zero-order valence-electron chi connectivity index (χ0n) is 18.2. The number of carbonyl (C=O) groups excluding carboxylic acids is 1. The van der Waals surface area contributed by atoms with Crippen molar-refractivity contribution in [3.63, 3.8) is 0 Å². The minimum absolute atomic E-state index is 0.0214. The van der Waals surface area contributed by atoms with Crippen molar-refractivity contribution in [2.75, 3.05) is 31.6 Å². The van der Waals surface area contributed by atoms with E-state index < -0.39 is 0 Å². The van der Waals surface area contributed by atoms with Gasteiger partial charge in [-0.15, -0.1) is 0 Å². The van der Waals surface area contributed by atoms with Crippen LogP contribution in [-0.2, 0) is 11.8 Å². The predicted molar refractivity (Wildman–Crippen MR) is 119 cm³/mol. The minimum Gasteiger partial charge on any atom is -0.370 e. The van der Waals surface area contributed by atoms with Gasteiger partial charge < -0.3 is 15.2 Å². The topological polar surface area (TPSA) is 94.2 Å². The van der Waals surface area contributed by atoms with E-state index in [9.17, 15) is 9.59 Å². The molecule has 2 N–H and O–H groups in total. The molecule has 0 atom stereocenters. The Morgan fingerprint density at radius 2 is 1.97 bits per heavy atom. The highest BCUT2D eigenvalue weighted by Gasteiger charge is 2.58.